The third kappa shape index (κ3) is 1.63. The van der Waals surface area contributed by atoms with Crippen molar-refractivity contribution in [3.63, 3.8) is 0 Å². The second-order valence-electron chi connectivity index (χ2n) is 4.28. The van der Waals surface area contributed by atoms with Gasteiger partial charge in [-0.3, -0.25) is 15.0 Å². The maximum absolute atomic E-state index is 11.8. The van der Waals surface area contributed by atoms with E-state index in [4.69, 9.17) is 0 Å². The maximum atomic E-state index is 11.8. The highest BCUT2D eigenvalue weighted by atomic mass is 16.2. The van der Waals surface area contributed by atoms with Crippen LogP contribution in [0.2, 0.25) is 0 Å². The summed E-state index contributed by atoms with van der Waals surface area (Å²) in [6, 6.07) is 9.52. The summed E-state index contributed by atoms with van der Waals surface area (Å²) in [6.45, 7) is 0.198. The number of fused-ring (bicyclic) bond motifs is 1. The van der Waals surface area contributed by atoms with Gasteiger partial charge in [-0.25, -0.2) is 5.01 Å². The Bertz CT molecular complexity index is 460. The lowest BCUT2D eigenvalue weighted by Crippen LogP contribution is -2.40. The summed E-state index contributed by atoms with van der Waals surface area (Å²) in [7, 11) is 0. The minimum atomic E-state index is -0.116. The van der Waals surface area contributed by atoms with Crippen molar-refractivity contribution in [2.45, 2.75) is 19.0 Å². The minimum absolute atomic E-state index is 0.0492. The van der Waals surface area contributed by atoms with Crippen molar-refractivity contribution >= 4 is 17.5 Å². The standard InChI is InChI=1S/C12H13N3O2/c16-11-7-6-10-14(11)8-12(17)15(10)13-9-4-2-1-3-5-9/h1-5,10,13H,6-8H2. The number of nitrogens with zero attached hydrogens (tertiary/aromatic N) is 2. The first-order valence-corrected chi connectivity index (χ1v) is 5.69. The Morgan fingerprint density at radius 1 is 1.12 bits per heavy atom. The van der Waals surface area contributed by atoms with Crippen molar-refractivity contribution in [1.82, 2.24) is 9.91 Å². The molecule has 2 fully saturated rings. The fourth-order valence-electron chi connectivity index (χ4n) is 2.36. The number of carbonyl (C=O) groups excluding carboxylic acids is 2. The Kier molecular flexibility index (Phi) is 2.24. The molecule has 2 heterocycles. The van der Waals surface area contributed by atoms with E-state index < -0.39 is 0 Å². The zero-order chi connectivity index (χ0) is 11.8. The van der Waals surface area contributed by atoms with Crippen LogP contribution in [0, 0.1) is 0 Å². The molecule has 5 heteroatoms. The van der Waals surface area contributed by atoms with Crippen molar-refractivity contribution in [2.75, 3.05) is 12.0 Å². The first-order valence-electron chi connectivity index (χ1n) is 5.69. The van der Waals surface area contributed by atoms with Gasteiger partial charge in [-0.15, -0.1) is 0 Å². The van der Waals surface area contributed by atoms with Gasteiger partial charge in [-0.05, 0) is 18.6 Å². The highest BCUT2D eigenvalue weighted by Gasteiger charge is 2.44. The molecule has 3 rings (SSSR count). The molecule has 0 spiro atoms. The van der Waals surface area contributed by atoms with Crippen molar-refractivity contribution in [2.24, 2.45) is 0 Å². The van der Waals surface area contributed by atoms with E-state index >= 15 is 0 Å². The summed E-state index contributed by atoms with van der Waals surface area (Å²) in [5, 5.41) is 1.57. The normalized spacial score (nSPS) is 23.2. The predicted octanol–water partition coefficient (Wildman–Crippen LogP) is 0.804. The molecule has 1 N–H and O–H groups in total. The number of hydrogen-bond acceptors (Lipinski definition) is 3. The molecule has 0 radical (unpaired) electrons. The SMILES string of the molecule is O=C1CCC2N1CC(=O)N2Nc1ccccc1. The molecule has 2 aliphatic rings. The molecular weight excluding hydrogens is 218 g/mol. The molecule has 1 aromatic rings. The fourth-order valence-corrected chi connectivity index (χ4v) is 2.36. The highest BCUT2D eigenvalue weighted by molar-refractivity contribution is 5.90. The van der Waals surface area contributed by atoms with Crippen LogP contribution in [0.4, 0.5) is 5.69 Å². The van der Waals surface area contributed by atoms with Crippen LogP contribution in [0.3, 0.4) is 0 Å². The minimum Gasteiger partial charge on any atom is -0.311 e. The van der Waals surface area contributed by atoms with E-state index in [2.05, 4.69) is 5.43 Å². The van der Waals surface area contributed by atoms with E-state index in [1.54, 1.807) is 9.91 Å². The monoisotopic (exact) mass is 231 g/mol. The second-order valence-corrected chi connectivity index (χ2v) is 4.28. The molecule has 0 aromatic heterocycles. The van der Waals surface area contributed by atoms with Crippen molar-refractivity contribution < 1.29 is 9.59 Å². The lowest BCUT2D eigenvalue weighted by molar-refractivity contribution is -0.130. The van der Waals surface area contributed by atoms with Gasteiger partial charge >= 0.3 is 0 Å². The number of hydrazine groups is 1. The number of rotatable bonds is 2. The average molecular weight is 231 g/mol. The number of amides is 2. The molecule has 5 nitrogen and oxygen atoms in total. The van der Waals surface area contributed by atoms with Crippen LogP contribution in [-0.4, -0.2) is 34.4 Å². The van der Waals surface area contributed by atoms with Gasteiger partial charge in [0.05, 0.1) is 5.69 Å². The smallest absolute Gasteiger partial charge is 0.262 e. The molecule has 1 atom stereocenters. The zero-order valence-corrected chi connectivity index (χ0v) is 9.30. The predicted molar refractivity (Wildman–Crippen MR) is 61.6 cm³/mol. The van der Waals surface area contributed by atoms with Crippen LogP contribution in [0.1, 0.15) is 12.8 Å². The Balaban J connectivity index is 1.79. The number of carbonyl (C=O) groups is 2. The second kappa shape index (κ2) is 3.76. The fraction of sp³-hybridized carbons (Fsp3) is 0.333. The van der Waals surface area contributed by atoms with Gasteiger partial charge in [0.15, 0.2) is 0 Å². The van der Waals surface area contributed by atoms with E-state index in [0.29, 0.717) is 12.8 Å². The Morgan fingerprint density at radius 2 is 1.88 bits per heavy atom. The summed E-state index contributed by atoms with van der Waals surface area (Å²) >= 11 is 0. The van der Waals surface area contributed by atoms with Crippen LogP contribution in [0.25, 0.3) is 0 Å². The van der Waals surface area contributed by atoms with Gasteiger partial charge in [0.2, 0.25) is 5.91 Å². The number of hydrogen-bond donors (Lipinski definition) is 1. The van der Waals surface area contributed by atoms with Crippen LogP contribution in [0.15, 0.2) is 30.3 Å². The summed E-state index contributed by atoms with van der Waals surface area (Å²) in [5.74, 6) is 0.0209. The van der Waals surface area contributed by atoms with Gasteiger partial charge in [0.25, 0.3) is 5.91 Å². The molecule has 2 amide bonds. The molecule has 1 aromatic carbocycles. The van der Waals surface area contributed by atoms with E-state index in [1.165, 1.54) is 0 Å². The number of para-hydroxylation sites is 1. The summed E-state index contributed by atoms with van der Waals surface area (Å²) in [4.78, 5) is 25.0. The topological polar surface area (TPSA) is 52.7 Å². The summed E-state index contributed by atoms with van der Waals surface area (Å²) in [5.41, 5.74) is 3.94. The van der Waals surface area contributed by atoms with Gasteiger partial charge in [0.1, 0.15) is 12.7 Å². The summed E-state index contributed by atoms with van der Waals surface area (Å²) < 4.78 is 0. The van der Waals surface area contributed by atoms with E-state index in [9.17, 15) is 9.59 Å². The number of benzene rings is 1. The van der Waals surface area contributed by atoms with Gasteiger partial charge < -0.3 is 4.90 Å². The Morgan fingerprint density at radius 3 is 2.65 bits per heavy atom. The third-order valence-corrected chi connectivity index (χ3v) is 3.19. The van der Waals surface area contributed by atoms with Gasteiger partial charge in [-0.2, -0.15) is 0 Å². The highest BCUT2D eigenvalue weighted by Crippen LogP contribution is 2.27. The van der Waals surface area contributed by atoms with Crippen LogP contribution in [-0.2, 0) is 9.59 Å². The average Bonchev–Trinajstić information content (AvgIpc) is 2.83. The molecule has 17 heavy (non-hydrogen) atoms. The lowest BCUT2D eigenvalue weighted by atomic mass is 10.3. The van der Waals surface area contributed by atoms with Crippen molar-refractivity contribution in [3.05, 3.63) is 30.3 Å². The summed E-state index contributed by atoms with van der Waals surface area (Å²) in [6.07, 6.45) is 1.13. The molecule has 1 unspecified atom stereocenters. The van der Waals surface area contributed by atoms with Crippen molar-refractivity contribution in [1.29, 1.82) is 0 Å². The molecule has 0 bridgehead atoms. The molecular formula is C12H13N3O2. The molecule has 0 saturated carbocycles. The first-order chi connectivity index (χ1) is 8.25. The molecule has 2 aliphatic heterocycles. The number of anilines is 1. The number of nitrogens with one attached hydrogen (secondary N) is 1. The first kappa shape index (κ1) is 10.1. The molecule has 0 aliphatic carbocycles. The van der Waals surface area contributed by atoms with E-state index in [0.717, 1.165) is 5.69 Å². The Hall–Kier alpha value is -2.04. The van der Waals surface area contributed by atoms with Crippen LogP contribution in [0.5, 0.6) is 0 Å². The van der Waals surface area contributed by atoms with Crippen molar-refractivity contribution in [3.8, 4) is 0 Å². The van der Waals surface area contributed by atoms with Gasteiger partial charge in [-0.1, -0.05) is 18.2 Å². The zero-order valence-electron chi connectivity index (χ0n) is 9.30. The maximum Gasteiger partial charge on any atom is 0.262 e. The van der Waals surface area contributed by atoms with Gasteiger partial charge in [0, 0.05) is 6.42 Å². The lowest BCUT2D eigenvalue weighted by Gasteiger charge is -2.25. The largest absolute Gasteiger partial charge is 0.311 e. The quantitative estimate of drug-likeness (QED) is 0.819. The van der Waals surface area contributed by atoms with E-state index in [-0.39, 0.29) is 24.5 Å². The molecule has 2 saturated heterocycles. The third-order valence-electron chi connectivity index (χ3n) is 3.19. The Labute approximate surface area is 99.0 Å². The molecule has 88 valence electrons. The van der Waals surface area contributed by atoms with Crippen LogP contribution < -0.4 is 5.43 Å². The van der Waals surface area contributed by atoms with Crippen LogP contribution >= 0.6 is 0 Å². The van der Waals surface area contributed by atoms with E-state index in [1.807, 2.05) is 30.3 Å².